The molecule has 0 bridgehead atoms. The predicted octanol–water partition coefficient (Wildman–Crippen LogP) is 16.8. The van der Waals surface area contributed by atoms with Gasteiger partial charge in [-0.15, -0.1) is 0 Å². The Hall–Kier alpha value is -7.56. The highest BCUT2D eigenvalue weighted by Gasteiger charge is 2.47. The Balaban J connectivity index is 1.19. The average molecular weight is 934 g/mol. The summed E-state index contributed by atoms with van der Waals surface area (Å²) in [6.45, 7) is 21.4. The predicted molar refractivity (Wildman–Crippen MR) is 309 cm³/mol. The van der Waals surface area contributed by atoms with Crippen molar-refractivity contribution in [3.63, 3.8) is 0 Å². The molecule has 3 nitrogen and oxygen atoms in total. The van der Waals surface area contributed by atoms with Crippen molar-refractivity contribution in [2.24, 2.45) is 0 Å². The number of nitrogens with zero attached hydrogens (tertiary/aromatic N) is 3. The van der Waals surface area contributed by atoms with E-state index in [1.807, 2.05) is 0 Å². The van der Waals surface area contributed by atoms with Gasteiger partial charge in [-0.2, -0.15) is 0 Å². The highest BCUT2D eigenvalue weighted by molar-refractivity contribution is 7.00. The molecule has 0 fully saturated rings. The fourth-order valence-electron chi connectivity index (χ4n) is 12.2. The first kappa shape index (κ1) is 45.6. The van der Waals surface area contributed by atoms with Crippen LogP contribution in [0.3, 0.4) is 0 Å². The Morgan fingerprint density at radius 3 is 1.54 bits per heavy atom. The zero-order valence-corrected chi connectivity index (χ0v) is 43.4. The first-order valence-corrected chi connectivity index (χ1v) is 26.0. The van der Waals surface area contributed by atoms with Gasteiger partial charge < -0.3 is 14.7 Å². The summed E-state index contributed by atoms with van der Waals surface area (Å²) >= 11 is 0. The molecule has 0 aromatic heterocycles. The van der Waals surface area contributed by atoms with Gasteiger partial charge in [0.2, 0.25) is 0 Å². The second-order valence-corrected chi connectivity index (χ2v) is 23.0. The van der Waals surface area contributed by atoms with Gasteiger partial charge in [-0.25, -0.2) is 0 Å². The lowest BCUT2D eigenvalue weighted by atomic mass is 9.33. The summed E-state index contributed by atoms with van der Waals surface area (Å²) in [4.78, 5) is 7.69. The van der Waals surface area contributed by atoms with Crippen LogP contribution in [0.2, 0.25) is 0 Å². The SMILES string of the molecule is Cc1cc2c3c(c1)N(c1ccc(C(C)(C)C)cc1-c1ccccc1)c1cc(N(c4ccccc4)c4ccccc4)ccc1B3c1cc3c(cc1N2c1ccc(-c2ccccc2)cc1C)C(C)(C)CCC3(C)C. The van der Waals surface area contributed by atoms with Crippen molar-refractivity contribution in [1.29, 1.82) is 0 Å². The van der Waals surface area contributed by atoms with Crippen LogP contribution >= 0.6 is 0 Å². The number of hydrogen-bond acceptors (Lipinski definition) is 3. The molecular formula is C68H64BN3. The molecule has 72 heavy (non-hydrogen) atoms. The van der Waals surface area contributed by atoms with Crippen LogP contribution in [0.25, 0.3) is 22.3 Å². The number of aryl methyl sites for hydroxylation is 2. The van der Waals surface area contributed by atoms with Crippen molar-refractivity contribution < 1.29 is 0 Å². The quantitative estimate of drug-likeness (QED) is 0.147. The molecule has 0 spiro atoms. The van der Waals surface area contributed by atoms with E-state index in [4.69, 9.17) is 0 Å². The molecule has 3 aliphatic rings. The number of benzene rings is 9. The van der Waals surface area contributed by atoms with Gasteiger partial charge in [0.25, 0.3) is 6.71 Å². The second-order valence-electron chi connectivity index (χ2n) is 23.0. The van der Waals surface area contributed by atoms with Crippen LogP contribution in [-0.4, -0.2) is 6.71 Å². The van der Waals surface area contributed by atoms with Crippen molar-refractivity contribution in [3.8, 4) is 22.3 Å². The van der Waals surface area contributed by atoms with Gasteiger partial charge in [0.1, 0.15) is 0 Å². The maximum atomic E-state index is 2.66. The van der Waals surface area contributed by atoms with Gasteiger partial charge in [-0.3, -0.25) is 0 Å². The van der Waals surface area contributed by atoms with Crippen molar-refractivity contribution in [2.75, 3.05) is 14.7 Å². The molecule has 9 aromatic rings. The van der Waals surface area contributed by atoms with Gasteiger partial charge in [-0.1, -0.05) is 170 Å². The molecule has 0 radical (unpaired) electrons. The minimum atomic E-state index is -0.0475. The van der Waals surface area contributed by atoms with E-state index in [9.17, 15) is 0 Å². The zero-order chi connectivity index (χ0) is 49.7. The summed E-state index contributed by atoms with van der Waals surface area (Å²) < 4.78 is 0. The van der Waals surface area contributed by atoms with E-state index in [0.29, 0.717) is 0 Å². The van der Waals surface area contributed by atoms with Crippen LogP contribution in [0.15, 0.2) is 200 Å². The Morgan fingerprint density at radius 1 is 0.431 bits per heavy atom. The molecule has 0 amide bonds. The van der Waals surface area contributed by atoms with E-state index in [1.165, 1.54) is 101 Å². The number of rotatable bonds is 7. The Labute approximate surface area is 428 Å². The maximum absolute atomic E-state index is 2.66. The lowest BCUT2D eigenvalue weighted by Gasteiger charge is -2.48. The maximum Gasteiger partial charge on any atom is 0.252 e. The third-order valence-corrected chi connectivity index (χ3v) is 16.2. The molecule has 9 aromatic carbocycles. The Kier molecular flexibility index (Phi) is 10.8. The molecule has 0 unspecified atom stereocenters. The number of fused-ring (bicyclic) bond motifs is 5. The fraction of sp³-hybridized carbons (Fsp3) is 0.206. The van der Waals surface area contributed by atoms with Crippen LogP contribution in [0, 0.1) is 13.8 Å². The minimum Gasteiger partial charge on any atom is -0.311 e. The lowest BCUT2D eigenvalue weighted by Crippen LogP contribution is -2.62. The molecule has 354 valence electrons. The van der Waals surface area contributed by atoms with Crippen LogP contribution in [0.1, 0.15) is 89.1 Å². The summed E-state index contributed by atoms with van der Waals surface area (Å²) in [7, 11) is 0. The third-order valence-electron chi connectivity index (χ3n) is 16.2. The van der Waals surface area contributed by atoms with E-state index in [0.717, 1.165) is 29.9 Å². The molecular weight excluding hydrogens is 870 g/mol. The van der Waals surface area contributed by atoms with E-state index in [2.05, 4.69) is 277 Å². The summed E-state index contributed by atoms with van der Waals surface area (Å²) in [6, 6.07) is 75.4. The van der Waals surface area contributed by atoms with Crippen molar-refractivity contribution in [3.05, 3.63) is 228 Å². The summed E-state index contributed by atoms with van der Waals surface area (Å²) in [5.41, 5.74) is 26.3. The highest BCUT2D eigenvalue weighted by atomic mass is 15.2. The molecule has 0 saturated carbocycles. The molecule has 4 heteroatoms. The standard InChI is InChI=1S/C68H64BN3/c1-45-38-63-65-64(39-45)72(60-35-31-50(66(3,4)5)41-54(60)48-24-16-11-17-25-48)61-42-53(70(51-26-18-12-19-27-51)52-28-20-13-21-29-52)32-33-57(61)69(65)58-43-55-56(68(8,9)37-36-67(55,6)7)44-62(58)71(63)59-34-30-49(40-46(59)2)47-22-14-10-15-23-47/h10-35,38-44H,36-37H2,1-9H3. The lowest BCUT2D eigenvalue weighted by molar-refractivity contribution is 0.332. The highest BCUT2D eigenvalue weighted by Crippen LogP contribution is 2.52. The number of anilines is 9. The Bertz CT molecular complexity index is 3500. The van der Waals surface area contributed by atoms with Crippen LogP contribution in [-0.2, 0) is 16.2 Å². The third kappa shape index (κ3) is 7.57. The van der Waals surface area contributed by atoms with Gasteiger partial charge in [-0.05, 0) is 183 Å². The molecule has 2 heterocycles. The van der Waals surface area contributed by atoms with Crippen LogP contribution < -0.4 is 31.1 Å². The fourth-order valence-corrected chi connectivity index (χ4v) is 12.2. The summed E-state index contributed by atoms with van der Waals surface area (Å²) in [5, 5.41) is 0. The van der Waals surface area contributed by atoms with Gasteiger partial charge >= 0.3 is 0 Å². The number of hydrogen-bond donors (Lipinski definition) is 0. The van der Waals surface area contributed by atoms with E-state index < -0.39 is 0 Å². The topological polar surface area (TPSA) is 9.72 Å². The van der Waals surface area contributed by atoms with Gasteiger partial charge in [0.05, 0.1) is 5.69 Å². The minimum absolute atomic E-state index is 0.0208. The largest absolute Gasteiger partial charge is 0.311 e. The normalized spacial score (nSPS) is 15.0. The summed E-state index contributed by atoms with van der Waals surface area (Å²) in [5.74, 6) is 0. The van der Waals surface area contributed by atoms with E-state index >= 15 is 0 Å². The molecule has 0 N–H and O–H groups in total. The second kappa shape index (κ2) is 17.1. The molecule has 12 rings (SSSR count). The van der Waals surface area contributed by atoms with Gasteiger partial charge in [0.15, 0.2) is 0 Å². The molecule has 0 atom stereocenters. The first-order chi connectivity index (χ1) is 34.7. The van der Waals surface area contributed by atoms with Gasteiger partial charge in [0, 0.05) is 51.1 Å². The monoisotopic (exact) mass is 934 g/mol. The van der Waals surface area contributed by atoms with Crippen molar-refractivity contribution in [1.82, 2.24) is 0 Å². The average Bonchev–Trinajstić information content (AvgIpc) is 3.38. The Morgan fingerprint density at radius 2 is 0.958 bits per heavy atom. The van der Waals surface area contributed by atoms with Crippen molar-refractivity contribution in [2.45, 2.75) is 91.4 Å². The van der Waals surface area contributed by atoms with E-state index in [1.54, 1.807) is 0 Å². The first-order valence-electron chi connectivity index (χ1n) is 26.0. The van der Waals surface area contributed by atoms with E-state index in [-0.39, 0.29) is 23.0 Å². The zero-order valence-electron chi connectivity index (χ0n) is 43.4. The molecule has 2 aliphatic heterocycles. The number of para-hydroxylation sites is 2. The van der Waals surface area contributed by atoms with Crippen LogP contribution in [0.4, 0.5) is 51.2 Å². The smallest absolute Gasteiger partial charge is 0.252 e. The molecule has 1 aliphatic carbocycles. The van der Waals surface area contributed by atoms with Crippen LogP contribution in [0.5, 0.6) is 0 Å². The van der Waals surface area contributed by atoms with Crippen molar-refractivity contribution >= 4 is 74.3 Å². The summed E-state index contributed by atoms with van der Waals surface area (Å²) in [6.07, 6.45) is 2.30. The molecule has 0 saturated heterocycles.